The van der Waals surface area contributed by atoms with E-state index in [1.807, 2.05) is 13.8 Å². The fourth-order valence-corrected chi connectivity index (χ4v) is 2.78. The summed E-state index contributed by atoms with van der Waals surface area (Å²) in [7, 11) is 0. The summed E-state index contributed by atoms with van der Waals surface area (Å²) in [6, 6.07) is 11.8. The largest absolute Gasteiger partial charge is 0.573 e. The number of alkyl halides is 3. The Bertz CT molecular complexity index is 1060. The Morgan fingerprint density at radius 3 is 2.52 bits per heavy atom. The van der Waals surface area contributed by atoms with Crippen LogP contribution in [0.4, 0.5) is 35.0 Å². The number of halogens is 4. The molecule has 0 spiro atoms. The maximum Gasteiger partial charge on any atom is 0.573 e. The summed E-state index contributed by atoms with van der Waals surface area (Å²) in [6.45, 7) is 5.59. The molecule has 31 heavy (non-hydrogen) atoms. The van der Waals surface area contributed by atoms with Gasteiger partial charge < -0.3 is 15.4 Å². The normalized spacial score (nSPS) is 12.4. The standard InChI is InChI=1S/C22H22F4N4O/c1-4-13(2)27-21-29-19(15-7-5-8-16(11-15)31-22(24,25)26)12-20(30-21)28-18-10-6-9-17(23)14(18)3/h5-13H,4H2,1-3H3,(H2,27,28,29,30)/t13-/m1/s1. The third kappa shape index (κ3) is 6.07. The molecule has 2 N–H and O–H groups in total. The van der Waals surface area contributed by atoms with Gasteiger partial charge in [0, 0.05) is 28.9 Å². The van der Waals surface area contributed by atoms with Gasteiger partial charge in [0.05, 0.1) is 5.69 Å². The molecule has 3 aromatic rings. The molecule has 0 aliphatic carbocycles. The Kier molecular flexibility index (Phi) is 6.62. The Balaban J connectivity index is 2.01. The van der Waals surface area contributed by atoms with Gasteiger partial charge in [-0.2, -0.15) is 4.98 Å². The molecular formula is C22H22F4N4O. The number of hydrogen-bond donors (Lipinski definition) is 2. The third-order valence-corrected chi connectivity index (χ3v) is 4.61. The molecule has 0 aliphatic rings. The smallest absolute Gasteiger partial charge is 0.406 e. The zero-order chi connectivity index (χ0) is 22.6. The van der Waals surface area contributed by atoms with Gasteiger partial charge in [-0.3, -0.25) is 0 Å². The molecule has 1 heterocycles. The van der Waals surface area contributed by atoms with Gasteiger partial charge in [0.1, 0.15) is 17.4 Å². The van der Waals surface area contributed by atoms with Crippen molar-refractivity contribution in [1.29, 1.82) is 0 Å². The van der Waals surface area contributed by atoms with Gasteiger partial charge in [0.2, 0.25) is 5.95 Å². The minimum absolute atomic E-state index is 0.0684. The quantitative estimate of drug-likeness (QED) is 0.419. The van der Waals surface area contributed by atoms with E-state index < -0.39 is 6.36 Å². The van der Waals surface area contributed by atoms with Crippen LogP contribution in [0.2, 0.25) is 0 Å². The summed E-state index contributed by atoms with van der Waals surface area (Å²) in [5.74, 6) is -0.0537. The van der Waals surface area contributed by atoms with Crippen LogP contribution >= 0.6 is 0 Å². The van der Waals surface area contributed by atoms with Gasteiger partial charge in [-0.25, -0.2) is 9.37 Å². The highest BCUT2D eigenvalue weighted by Gasteiger charge is 2.31. The minimum atomic E-state index is -4.80. The van der Waals surface area contributed by atoms with E-state index in [9.17, 15) is 17.6 Å². The first-order valence-corrected chi connectivity index (χ1v) is 9.68. The summed E-state index contributed by atoms with van der Waals surface area (Å²) >= 11 is 0. The summed E-state index contributed by atoms with van der Waals surface area (Å²) in [6.07, 6.45) is -3.98. The highest BCUT2D eigenvalue weighted by molar-refractivity contribution is 5.69. The lowest BCUT2D eigenvalue weighted by Crippen LogP contribution is -2.17. The van der Waals surface area contributed by atoms with Crippen molar-refractivity contribution < 1.29 is 22.3 Å². The van der Waals surface area contributed by atoms with Crippen LogP contribution in [0.1, 0.15) is 25.8 Å². The summed E-state index contributed by atoms with van der Waals surface area (Å²) < 4.78 is 55.7. The van der Waals surface area contributed by atoms with E-state index in [-0.39, 0.29) is 17.6 Å². The Morgan fingerprint density at radius 1 is 1.06 bits per heavy atom. The second-order valence-electron chi connectivity index (χ2n) is 7.03. The topological polar surface area (TPSA) is 59.1 Å². The molecule has 0 aliphatic heterocycles. The first kappa shape index (κ1) is 22.3. The number of hydrogen-bond acceptors (Lipinski definition) is 5. The van der Waals surface area contributed by atoms with Crippen molar-refractivity contribution in [3.05, 3.63) is 59.9 Å². The van der Waals surface area contributed by atoms with Gasteiger partial charge in [-0.15, -0.1) is 13.2 Å². The van der Waals surface area contributed by atoms with Crippen LogP contribution < -0.4 is 15.4 Å². The van der Waals surface area contributed by atoms with Crippen molar-refractivity contribution in [2.45, 2.75) is 39.6 Å². The van der Waals surface area contributed by atoms with Crippen molar-refractivity contribution in [3.63, 3.8) is 0 Å². The first-order chi connectivity index (χ1) is 14.6. The molecule has 1 aromatic heterocycles. The molecule has 0 saturated heterocycles. The van der Waals surface area contributed by atoms with Gasteiger partial charge in [-0.05, 0) is 44.5 Å². The molecule has 164 valence electrons. The number of ether oxygens (including phenoxy) is 1. The highest BCUT2D eigenvalue weighted by Crippen LogP contribution is 2.30. The third-order valence-electron chi connectivity index (χ3n) is 4.61. The molecule has 0 radical (unpaired) electrons. The van der Waals surface area contributed by atoms with Crippen molar-refractivity contribution >= 4 is 17.5 Å². The van der Waals surface area contributed by atoms with Crippen LogP contribution in [-0.2, 0) is 0 Å². The number of benzene rings is 2. The van der Waals surface area contributed by atoms with E-state index in [1.165, 1.54) is 24.3 Å². The number of anilines is 3. The second-order valence-corrected chi connectivity index (χ2v) is 7.03. The summed E-state index contributed by atoms with van der Waals surface area (Å²) in [5.41, 5.74) is 1.73. The maximum absolute atomic E-state index is 13.9. The lowest BCUT2D eigenvalue weighted by atomic mass is 10.1. The lowest BCUT2D eigenvalue weighted by molar-refractivity contribution is -0.274. The van der Waals surface area contributed by atoms with Gasteiger partial charge in [-0.1, -0.05) is 25.1 Å². The van der Waals surface area contributed by atoms with Crippen molar-refractivity contribution in [2.75, 3.05) is 10.6 Å². The number of nitrogens with one attached hydrogen (secondary N) is 2. The number of rotatable bonds is 7. The van der Waals surface area contributed by atoms with Crippen LogP contribution in [0.15, 0.2) is 48.5 Å². The summed E-state index contributed by atoms with van der Waals surface area (Å²) in [5, 5.41) is 6.22. The Hall–Kier alpha value is -3.36. The number of aromatic nitrogens is 2. The van der Waals surface area contributed by atoms with E-state index >= 15 is 0 Å². The molecule has 5 nitrogen and oxygen atoms in total. The molecule has 0 amide bonds. The minimum Gasteiger partial charge on any atom is -0.406 e. The van der Waals surface area contributed by atoms with Gasteiger partial charge >= 0.3 is 6.36 Å². The molecule has 2 aromatic carbocycles. The second kappa shape index (κ2) is 9.20. The van der Waals surface area contributed by atoms with E-state index in [2.05, 4.69) is 25.3 Å². The van der Waals surface area contributed by atoms with Crippen molar-refractivity contribution in [2.24, 2.45) is 0 Å². The van der Waals surface area contributed by atoms with E-state index in [1.54, 1.807) is 31.2 Å². The Labute approximate surface area is 177 Å². The molecule has 1 atom stereocenters. The lowest BCUT2D eigenvalue weighted by Gasteiger charge is -2.16. The molecule has 0 unspecified atom stereocenters. The fourth-order valence-electron chi connectivity index (χ4n) is 2.78. The van der Waals surface area contributed by atoms with Crippen LogP contribution in [0.3, 0.4) is 0 Å². The molecule has 0 bridgehead atoms. The Morgan fingerprint density at radius 2 is 1.81 bits per heavy atom. The zero-order valence-corrected chi connectivity index (χ0v) is 17.2. The average Bonchev–Trinajstić information content (AvgIpc) is 2.70. The summed E-state index contributed by atoms with van der Waals surface area (Å²) in [4.78, 5) is 8.87. The highest BCUT2D eigenvalue weighted by atomic mass is 19.4. The molecule has 9 heteroatoms. The molecule has 3 rings (SSSR count). The predicted octanol–water partition coefficient (Wildman–Crippen LogP) is 6.44. The molecule has 0 fully saturated rings. The van der Waals surface area contributed by atoms with E-state index in [0.29, 0.717) is 34.3 Å². The van der Waals surface area contributed by atoms with E-state index in [4.69, 9.17) is 0 Å². The number of nitrogens with zero attached hydrogens (tertiary/aromatic N) is 2. The van der Waals surface area contributed by atoms with Crippen LogP contribution in [0.5, 0.6) is 5.75 Å². The van der Waals surface area contributed by atoms with Crippen molar-refractivity contribution in [1.82, 2.24) is 9.97 Å². The SMILES string of the molecule is CC[C@@H](C)Nc1nc(Nc2cccc(F)c2C)cc(-c2cccc(OC(F)(F)F)c2)n1. The predicted molar refractivity (Wildman–Crippen MR) is 112 cm³/mol. The molecule has 0 saturated carbocycles. The van der Waals surface area contributed by atoms with E-state index in [0.717, 1.165) is 6.42 Å². The maximum atomic E-state index is 13.9. The fraction of sp³-hybridized carbons (Fsp3) is 0.273. The van der Waals surface area contributed by atoms with Crippen LogP contribution in [0, 0.1) is 12.7 Å². The monoisotopic (exact) mass is 434 g/mol. The average molecular weight is 434 g/mol. The first-order valence-electron chi connectivity index (χ1n) is 9.68. The van der Waals surface area contributed by atoms with Gasteiger partial charge in [0.25, 0.3) is 0 Å². The van der Waals surface area contributed by atoms with Gasteiger partial charge in [0.15, 0.2) is 0 Å². The zero-order valence-electron chi connectivity index (χ0n) is 17.2. The van der Waals surface area contributed by atoms with Crippen LogP contribution in [0.25, 0.3) is 11.3 Å². The van der Waals surface area contributed by atoms with Crippen molar-refractivity contribution in [3.8, 4) is 17.0 Å². The van der Waals surface area contributed by atoms with Crippen LogP contribution in [-0.4, -0.2) is 22.4 Å². The molecular weight excluding hydrogens is 412 g/mol.